The Labute approximate surface area is 233 Å². The van der Waals surface area contributed by atoms with Gasteiger partial charge in [0.2, 0.25) is 5.91 Å². The Morgan fingerprint density at radius 1 is 0.875 bits per heavy atom. The molecule has 0 N–H and O–H groups in total. The first-order valence-electron chi connectivity index (χ1n) is 13.6. The van der Waals surface area contributed by atoms with Crippen molar-refractivity contribution in [2.24, 2.45) is 7.05 Å². The van der Waals surface area contributed by atoms with E-state index in [0.29, 0.717) is 17.0 Å². The number of hydrogen-bond acceptors (Lipinski definition) is 4. The number of aryl methyl sites for hydroxylation is 1. The van der Waals surface area contributed by atoms with Crippen LogP contribution >= 0.6 is 0 Å². The van der Waals surface area contributed by atoms with Gasteiger partial charge in [0.05, 0.1) is 29.8 Å². The fraction of sp³-hybridized carbons (Fsp3) is 0.242. The highest BCUT2D eigenvalue weighted by molar-refractivity contribution is 5.91. The topological polar surface area (TPSA) is 73.3 Å². The maximum Gasteiger partial charge on any atom is 0.276 e. The second-order valence-electron chi connectivity index (χ2n) is 10.6. The first-order valence-corrected chi connectivity index (χ1v) is 13.6. The summed E-state index contributed by atoms with van der Waals surface area (Å²) in [4.78, 5) is 30.1. The fourth-order valence-corrected chi connectivity index (χ4v) is 5.60. The predicted molar refractivity (Wildman–Crippen MR) is 154 cm³/mol. The summed E-state index contributed by atoms with van der Waals surface area (Å²) in [7, 11) is 1.88. The third-order valence-corrected chi connectivity index (χ3v) is 8.18. The number of benzene rings is 3. The van der Waals surface area contributed by atoms with E-state index in [4.69, 9.17) is 4.52 Å². The minimum Gasteiger partial charge on any atom is -0.361 e. The van der Waals surface area contributed by atoms with Crippen molar-refractivity contribution in [2.75, 3.05) is 0 Å². The van der Waals surface area contributed by atoms with E-state index in [1.54, 1.807) is 4.68 Å². The molecule has 1 aliphatic rings. The van der Waals surface area contributed by atoms with Gasteiger partial charge in [0.1, 0.15) is 11.5 Å². The normalized spacial score (nSPS) is 13.8. The molecule has 0 radical (unpaired) electrons. The minimum atomic E-state index is -0.583. The molecule has 6 rings (SSSR count). The van der Waals surface area contributed by atoms with Crippen molar-refractivity contribution >= 4 is 5.91 Å². The Morgan fingerprint density at radius 3 is 2.08 bits per heavy atom. The molecule has 40 heavy (non-hydrogen) atoms. The third-order valence-electron chi connectivity index (χ3n) is 8.18. The van der Waals surface area contributed by atoms with E-state index in [-0.39, 0.29) is 24.6 Å². The zero-order valence-corrected chi connectivity index (χ0v) is 23.0. The standard InChI is InChI=1S/C33H32N4O3/c1-23-28(31(38)37(35(23)3)27-17-11-6-12-18-27)21-36(32(39)33(19-20-33)26-15-9-5-10-16-26)22-29-24(2)40-34-30(29)25-13-7-4-8-14-25/h4-18H,19-22H2,1-3H3. The van der Waals surface area contributed by atoms with Crippen molar-refractivity contribution in [1.82, 2.24) is 19.4 Å². The van der Waals surface area contributed by atoms with Crippen LogP contribution in [-0.4, -0.2) is 25.3 Å². The van der Waals surface area contributed by atoms with E-state index in [0.717, 1.165) is 40.9 Å². The lowest BCUT2D eigenvalue weighted by Crippen LogP contribution is -2.40. The lowest BCUT2D eigenvalue weighted by atomic mass is 9.93. The largest absolute Gasteiger partial charge is 0.361 e. The van der Waals surface area contributed by atoms with Crippen molar-refractivity contribution in [3.05, 3.63) is 129 Å². The van der Waals surface area contributed by atoms with Crippen LogP contribution in [0, 0.1) is 13.8 Å². The number of carbonyl (C=O) groups is 1. The SMILES string of the molecule is Cc1onc(-c2ccccc2)c1CN(Cc1c(C)n(C)n(-c2ccccc2)c1=O)C(=O)C1(c2ccccc2)CC1. The Hall–Kier alpha value is -4.65. The molecule has 0 saturated heterocycles. The zero-order valence-electron chi connectivity index (χ0n) is 23.0. The molecule has 0 atom stereocenters. The number of aromatic nitrogens is 3. The van der Waals surface area contributed by atoms with Crippen molar-refractivity contribution in [1.29, 1.82) is 0 Å². The molecule has 1 aliphatic carbocycles. The van der Waals surface area contributed by atoms with Gasteiger partial charge >= 0.3 is 0 Å². The summed E-state index contributed by atoms with van der Waals surface area (Å²) in [5, 5.41) is 4.35. The Balaban J connectivity index is 1.43. The second kappa shape index (κ2) is 10.2. The van der Waals surface area contributed by atoms with Gasteiger partial charge < -0.3 is 9.42 Å². The average molecular weight is 533 g/mol. The highest BCUT2D eigenvalue weighted by Gasteiger charge is 2.53. The highest BCUT2D eigenvalue weighted by atomic mass is 16.5. The number of hydrogen-bond donors (Lipinski definition) is 0. The predicted octanol–water partition coefficient (Wildman–Crippen LogP) is 5.71. The quantitative estimate of drug-likeness (QED) is 0.257. The molecule has 5 aromatic rings. The van der Waals surface area contributed by atoms with Gasteiger partial charge in [0.25, 0.3) is 5.56 Å². The first kappa shape index (κ1) is 25.6. The lowest BCUT2D eigenvalue weighted by Gasteiger charge is -2.28. The van der Waals surface area contributed by atoms with Gasteiger partial charge in [-0.2, -0.15) is 0 Å². The van der Waals surface area contributed by atoms with Gasteiger partial charge in [-0.25, -0.2) is 4.68 Å². The molecule has 0 aliphatic heterocycles. The van der Waals surface area contributed by atoms with E-state index >= 15 is 0 Å². The molecule has 0 unspecified atom stereocenters. The van der Waals surface area contributed by atoms with E-state index in [1.807, 2.05) is 121 Å². The Bertz CT molecular complexity index is 1710. The molecular formula is C33H32N4O3. The monoisotopic (exact) mass is 532 g/mol. The zero-order chi connectivity index (χ0) is 27.9. The molecule has 202 valence electrons. The van der Waals surface area contributed by atoms with Gasteiger partial charge in [-0.05, 0) is 44.4 Å². The van der Waals surface area contributed by atoms with E-state index in [2.05, 4.69) is 5.16 Å². The van der Waals surface area contributed by atoms with Crippen molar-refractivity contribution in [3.63, 3.8) is 0 Å². The number of amides is 1. The van der Waals surface area contributed by atoms with Crippen LogP contribution in [0.5, 0.6) is 0 Å². The molecule has 1 amide bonds. The summed E-state index contributed by atoms with van der Waals surface area (Å²) in [5.74, 6) is 0.680. The molecule has 2 heterocycles. The van der Waals surface area contributed by atoms with Crippen LogP contribution in [0.2, 0.25) is 0 Å². The smallest absolute Gasteiger partial charge is 0.276 e. The molecular weight excluding hydrogens is 500 g/mol. The number of carbonyl (C=O) groups excluding carboxylic acids is 1. The van der Waals surface area contributed by atoms with Crippen molar-refractivity contribution < 1.29 is 9.32 Å². The van der Waals surface area contributed by atoms with Crippen LogP contribution in [0.4, 0.5) is 0 Å². The molecule has 7 nitrogen and oxygen atoms in total. The van der Waals surface area contributed by atoms with E-state index in [9.17, 15) is 9.59 Å². The average Bonchev–Trinajstić information content (AvgIpc) is 3.69. The van der Waals surface area contributed by atoms with Gasteiger partial charge in [0, 0.05) is 23.9 Å². The molecule has 0 spiro atoms. The first-order chi connectivity index (χ1) is 19.4. The van der Waals surface area contributed by atoms with Crippen LogP contribution in [0.3, 0.4) is 0 Å². The Morgan fingerprint density at radius 2 is 1.45 bits per heavy atom. The maximum atomic E-state index is 14.5. The molecule has 1 fully saturated rings. The summed E-state index contributed by atoms with van der Waals surface area (Å²) >= 11 is 0. The molecule has 7 heteroatoms. The van der Waals surface area contributed by atoms with Crippen molar-refractivity contribution in [3.8, 4) is 16.9 Å². The van der Waals surface area contributed by atoms with Crippen LogP contribution in [0.25, 0.3) is 16.9 Å². The second-order valence-corrected chi connectivity index (χ2v) is 10.6. The third kappa shape index (κ3) is 4.37. The summed E-state index contributed by atoms with van der Waals surface area (Å²) in [6, 6.07) is 29.4. The molecule has 0 bridgehead atoms. The molecule has 2 aromatic heterocycles. The van der Waals surface area contributed by atoms with Crippen LogP contribution in [-0.2, 0) is 30.3 Å². The highest BCUT2D eigenvalue weighted by Crippen LogP contribution is 2.50. The number of rotatable bonds is 8. The van der Waals surface area contributed by atoms with Gasteiger partial charge in [-0.1, -0.05) is 84.0 Å². The van der Waals surface area contributed by atoms with Crippen LogP contribution in [0.1, 0.15) is 41.0 Å². The summed E-state index contributed by atoms with van der Waals surface area (Å²) in [6.45, 7) is 4.28. The molecule has 1 saturated carbocycles. The van der Waals surface area contributed by atoms with E-state index < -0.39 is 5.41 Å². The summed E-state index contributed by atoms with van der Waals surface area (Å²) in [6.07, 6.45) is 1.56. The van der Waals surface area contributed by atoms with Gasteiger partial charge in [-0.3, -0.25) is 14.3 Å². The number of nitrogens with zero attached hydrogens (tertiary/aromatic N) is 4. The van der Waals surface area contributed by atoms with Crippen LogP contribution < -0.4 is 5.56 Å². The Kier molecular flexibility index (Phi) is 6.50. The maximum absolute atomic E-state index is 14.5. The fourth-order valence-electron chi connectivity index (χ4n) is 5.60. The lowest BCUT2D eigenvalue weighted by molar-refractivity contribution is -0.135. The summed E-state index contributed by atoms with van der Waals surface area (Å²) in [5.41, 5.74) is 4.99. The van der Waals surface area contributed by atoms with Crippen LogP contribution in [0.15, 0.2) is 100 Å². The van der Waals surface area contributed by atoms with Gasteiger partial charge in [0.15, 0.2) is 0 Å². The molecule has 3 aromatic carbocycles. The van der Waals surface area contributed by atoms with E-state index in [1.165, 1.54) is 0 Å². The van der Waals surface area contributed by atoms with Gasteiger partial charge in [-0.15, -0.1) is 0 Å². The summed E-state index contributed by atoms with van der Waals surface area (Å²) < 4.78 is 9.16. The number of para-hydroxylation sites is 1. The van der Waals surface area contributed by atoms with Crippen molar-refractivity contribution in [2.45, 2.75) is 45.2 Å². The minimum absolute atomic E-state index is 0.0206.